The molecule has 0 spiro atoms. The molecular weight excluding hydrogens is 226 g/mol. The highest BCUT2D eigenvalue weighted by molar-refractivity contribution is 6.31. The normalized spacial score (nSPS) is 10.8. The van der Waals surface area contributed by atoms with E-state index in [-0.39, 0.29) is 5.97 Å². The third-order valence-electron chi connectivity index (χ3n) is 2.84. The third kappa shape index (κ3) is 1.48. The Morgan fingerprint density at radius 3 is 2.75 bits per heavy atom. The molecule has 0 aliphatic rings. The number of ether oxygens (including phenoxy) is 1. The van der Waals surface area contributed by atoms with E-state index in [1.165, 1.54) is 7.11 Å². The Balaban J connectivity index is 2.84. The summed E-state index contributed by atoms with van der Waals surface area (Å²) in [5.41, 5.74) is 2.42. The van der Waals surface area contributed by atoms with E-state index in [1.54, 1.807) is 6.07 Å². The molecule has 0 N–H and O–H groups in total. The van der Waals surface area contributed by atoms with Crippen LogP contribution >= 0.6 is 11.6 Å². The number of fused-ring (bicyclic) bond motifs is 1. The molecule has 0 amide bonds. The Morgan fingerprint density at radius 1 is 1.44 bits per heavy atom. The van der Waals surface area contributed by atoms with Crippen molar-refractivity contribution in [3.63, 3.8) is 0 Å². The number of benzene rings is 1. The van der Waals surface area contributed by atoms with E-state index >= 15 is 0 Å². The van der Waals surface area contributed by atoms with Gasteiger partial charge in [0.15, 0.2) is 0 Å². The highest BCUT2D eigenvalue weighted by Gasteiger charge is 2.18. The van der Waals surface area contributed by atoms with Crippen molar-refractivity contribution in [3.8, 4) is 0 Å². The lowest BCUT2D eigenvalue weighted by Gasteiger charge is -1.99. The van der Waals surface area contributed by atoms with Gasteiger partial charge in [-0.25, -0.2) is 4.79 Å². The van der Waals surface area contributed by atoms with Crippen LogP contribution < -0.4 is 0 Å². The van der Waals surface area contributed by atoms with Crippen LogP contribution in [-0.4, -0.2) is 17.6 Å². The molecule has 0 saturated heterocycles. The molecule has 0 saturated carbocycles. The Bertz CT molecular complexity index is 572. The molecule has 0 fully saturated rings. The first-order valence-corrected chi connectivity index (χ1v) is 5.27. The van der Waals surface area contributed by atoms with Crippen LogP contribution in [0.5, 0.6) is 0 Å². The van der Waals surface area contributed by atoms with E-state index < -0.39 is 0 Å². The number of carbonyl (C=O) groups excluding carboxylic acids is 1. The smallest absolute Gasteiger partial charge is 0.340 e. The van der Waals surface area contributed by atoms with Crippen molar-refractivity contribution in [1.29, 1.82) is 0 Å². The second-order valence-electron chi connectivity index (χ2n) is 3.67. The lowest BCUT2D eigenvalue weighted by Crippen LogP contribution is -2.03. The van der Waals surface area contributed by atoms with Gasteiger partial charge in [-0.05, 0) is 19.1 Å². The first kappa shape index (κ1) is 11.0. The molecule has 1 aromatic carbocycles. The molecule has 1 aromatic heterocycles. The van der Waals surface area contributed by atoms with Crippen molar-refractivity contribution in [2.75, 3.05) is 7.11 Å². The highest BCUT2D eigenvalue weighted by Crippen LogP contribution is 2.27. The highest BCUT2D eigenvalue weighted by atomic mass is 35.5. The number of hydrogen-bond acceptors (Lipinski definition) is 2. The molecule has 0 bridgehead atoms. The molecule has 4 heteroatoms. The lowest BCUT2D eigenvalue weighted by molar-refractivity contribution is 0.0602. The number of rotatable bonds is 1. The van der Waals surface area contributed by atoms with Gasteiger partial charge in [0.05, 0.1) is 18.2 Å². The summed E-state index contributed by atoms with van der Waals surface area (Å²) in [7, 11) is 3.29. The van der Waals surface area contributed by atoms with Gasteiger partial charge in [0, 0.05) is 23.2 Å². The number of esters is 1. The maximum atomic E-state index is 11.7. The second kappa shape index (κ2) is 3.83. The van der Waals surface area contributed by atoms with Crippen LogP contribution in [-0.2, 0) is 11.8 Å². The minimum Gasteiger partial charge on any atom is -0.465 e. The van der Waals surface area contributed by atoms with E-state index in [1.807, 2.05) is 30.7 Å². The minimum absolute atomic E-state index is 0.314. The Labute approximate surface area is 98.6 Å². The molecule has 16 heavy (non-hydrogen) atoms. The van der Waals surface area contributed by atoms with Gasteiger partial charge in [-0.15, -0.1) is 0 Å². The monoisotopic (exact) mass is 237 g/mol. The van der Waals surface area contributed by atoms with Gasteiger partial charge in [-0.2, -0.15) is 0 Å². The predicted molar refractivity (Wildman–Crippen MR) is 64.0 cm³/mol. The summed E-state index contributed by atoms with van der Waals surface area (Å²) in [4.78, 5) is 11.7. The first-order valence-electron chi connectivity index (χ1n) is 4.89. The molecule has 2 aromatic rings. The Kier molecular flexibility index (Phi) is 2.64. The van der Waals surface area contributed by atoms with Gasteiger partial charge in [0.1, 0.15) is 0 Å². The third-order valence-corrected chi connectivity index (χ3v) is 3.08. The number of aryl methyl sites for hydroxylation is 1. The van der Waals surface area contributed by atoms with Crippen LogP contribution in [0.3, 0.4) is 0 Å². The van der Waals surface area contributed by atoms with Crippen LogP contribution in [0.2, 0.25) is 5.02 Å². The number of halogens is 1. The summed E-state index contributed by atoms with van der Waals surface area (Å²) in [6.45, 7) is 1.89. The van der Waals surface area contributed by atoms with E-state index in [4.69, 9.17) is 16.3 Å². The zero-order chi connectivity index (χ0) is 11.9. The minimum atomic E-state index is -0.314. The molecule has 0 radical (unpaired) electrons. The summed E-state index contributed by atoms with van der Waals surface area (Å²) in [6.07, 6.45) is 0. The van der Waals surface area contributed by atoms with Gasteiger partial charge in [0.25, 0.3) is 0 Å². The number of aromatic nitrogens is 1. The largest absolute Gasteiger partial charge is 0.465 e. The number of nitrogens with zero attached hydrogens (tertiary/aromatic N) is 1. The SMILES string of the molecule is COC(=O)c1c(C)n(C)c2cc(Cl)ccc12. The van der Waals surface area contributed by atoms with Gasteiger partial charge in [-0.1, -0.05) is 17.7 Å². The van der Waals surface area contributed by atoms with E-state index in [0.717, 1.165) is 16.6 Å². The molecule has 0 aliphatic carbocycles. The molecule has 3 nitrogen and oxygen atoms in total. The fourth-order valence-corrected chi connectivity index (χ4v) is 2.06. The average molecular weight is 238 g/mol. The number of hydrogen-bond donors (Lipinski definition) is 0. The van der Waals surface area contributed by atoms with Gasteiger partial charge >= 0.3 is 5.97 Å². The van der Waals surface area contributed by atoms with Crippen LogP contribution in [0, 0.1) is 6.92 Å². The van der Waals surface area contributed by atoms with E-state index in [0.29, 0.717) is 10.6 Å². The Hall–Kier alpha value is -1.48. The first-order chi connectivity index (χ1) is 7.56. The van der Waals surface area contributed by atoms with E-state index in [2.05, 4.69) is 0 Å². The summed E-state index contributed by atoms with van der Waals surface area (Å²) in [5.74, 6) is -0.314. The molecule has 84 valence electrons. The fraction of sp³-hybridized carbons (Fsp3) is 0.250. The molecule has 0 unspecified atom stereocenters. The van der Waals surface area contributed by atoms with Gasteiger partial charge in [-0.3, -0.25) is 0 Å². The number of carbonyl (C=O) groups is 1. The maximum Gasteiger partial charge on any atom is 0.340 e. The summed E-state index contributed by atoms with van der Waals surface area (Å²) < 4.78 is 6.72. The maximum absolute atomic E-state index is 11.7. The topological polar surface area (TPSA) is 31.2 Å². The van der Waals surface area contributed by atoms with Crippen molar-refractivity contribution in [2.45, 2.75) is 6.92 Å². The predicted octanol–water partition coefficient (Wildman–Crippen LogP) is 2.93. The van der Waals surface area contributed by atoms with Crippen molar-refractivity contribution >= 4 is 28.5 Å². The zero-order valence-corrected chi connectivity index (χ0v) is 10.1. The van der Waals surface area contributed by atoms with E-state index in [9.17, 15) is 4.79 Å². The van der Waals surface area contributed by atoms with Crippen molar-refractivity contribution < 1.29 is 9.53 Å². The van der Waals surface area contributed by atoms with Crippen molar-refractivity contribution in [3.05, 3.63) is 34.5 Å². The molecule has 2 rings (SSSR count). The number of methoxy groups -OCH3 is 1. The Morgan fingerprint density at radius 2 is 2.12 bits per heavy atom. The molecule has 0 atom stereocenters. The standard InChI is InChI=1S/C12H12ClNO2/c1-7-11(12(15)16-3)9-5-4-8(13)6-10(9)14(7)2/h4-6H,1-3H3. The average Bonchev–Trinajstić information content (AvgIpc) is 2.52. The van der Waals surface area contributed by atoms with Crippen LogP contribution in [0.4, 0.5) is 0 Å². The summed E-state index contributed by atoms with van der Waals surface area (Å²) in [5, 5.41) is 1.53. The molecule has 0 aliphatic heterocycles. The second-order valence-corrected chi connectivity index (χ2v) is 4.11. The quantitative estimate of drug-likeness (QED) is 0.714. The van der Waals surface area contributed by atoms with Crippen molar-refractivity contribution in [2.24, 2.45) is 7.05 Å². The lowest BCUT2D eigenvalue weighted by atomic mass is 10.1. The van der Waals surface area contributed by atoms with Crippen LogP contribution in [0.25, 0.3) is 10.9 Å². The zero-order valence-electron chi connectivity index (χ0n) is 9.37. The summed E-state index contributed by atoms with van der Waals surface area (Å²) in [6, 6.07) is 5.46. The van der Waals surface area contributed by atoms with Crippen molar-refractivity contribution in [1.82, 2.24) is 4.57 Å². The van der Waals surface area contributed by atoms with Crippen LogP contribution in [0.15, 0.2) is 18.2 Å². The van der Waals surface area contributed by atoms with Crippen LogP contribution in [0.1, 0.15) is 16.1 Å². The fourth-order valence-electron chi connectivity index (χ4n) is 1.90. The van der Waals surface area contributed by atoms with Gasteiger partial charge in [0.2, 0.25) is 0 Å². The molecule has 1 heterocycles. The summed E-state index contributed by atoms with van der Waals surface area (Å²) >= 11 is 5.94. The molecular formula is C12H12ClNO2. The van der Waals surface area contributed by atoms with Gasteiger partial charge < -0.3 is 9.30 Å².